The highest BCUT2D eigenvalue weighted by molar-refractivity contribution is 5.79. The number of carbonyl (C=O) groups excluding carboxylic acids is 1. The van der Waals surface area contributed by atoms with Gasteiger partial charge < -0.3 is 15.4 Å². The van der Waals surface area contributed by atoms with Gasteiger partial charge in [-0.05, 0) is 66.8 Å². The molecule has 2 aromatic rings. The van der Waals surface area contributed by atoms with E-state index in [2.05, 4.69) is 48.5 Å². The Morgan fingerprint density at radius 3 is 2.11 bits per heavy atom. The van der Waals surface area contributed by atoms with Crippen LogP contribution in [0.15, 0.2) is 48.5 Å². The summed E-state index contributed by atoms with van der Waals surface area (Å²) in [7, 11) is 0. The number of fused-ring (bicyclic) bond motifs is 5. The van der Waals surface area contributed by atoms with Crippen molar-refractivity contribution in [3.63, 3.8) is 0 Å². The normalized spacial score (nSPS) is 25.5. The minimum absolute atomic E-state index is 0.124. The molecule has 4 heteroatoms. The Morgan fingerprint density at radius 2 is 1.54 bits per heavy atom. The monoisotopic (exact) mass is 376 g/mol. The van der Waals surface area contributed by atoms with E-state index in [0.717, 1.165) is 38.6 Å². The van der Waals surface area contributed by atoms with Gasteiger partial charge in [0.1, 0.15) is 6.61 Å². The molecule has 0 saturated carbocycles. The number of nitrogens with zero attached hydrogens (tertiary/aromatic N) is 1. The third kappa shape index (κ3) is 2.91. The van der Waals surface area contributed by atoms with Gasteiger partial charge in [-0.3, -0.25) is 0 Å². The average molecular weight is 377 g/mol. The summed E-state index contributed by atoms with van der Waals surface area (Å²) in [4.78, 5) is 15.0. The number of piperidine rings is 1. The topological polar surface area (TPSA) is 55.6 Å². The van der Waals surface area contributed by atoms with Gasteiger partial charge in [0.25, 0.3) is 0 Å². The Bertz CT molecular complexity index is 821. The van der Waals surface area contributed by atoms with E-state index >= 15 is 0 Å². The molecular weight excluding hydrogens is 348 g/mol. The van der Waals surface area contributed by atoms with Crippen LogP contribution in [0.2, 0.25) is 0 Å². The molecule has 2 saturated heterocycles. The zero-order valence-corrected chi connectivity index (χ0v) is 16.2. The molecule has 1 amide bonds. The van der Waals surface area contributed by atoms with Crippen LogP contribution in [-0.4, -0.2) is 36.2 Å². The van der Waals surface area contributed by atoms with E-state index in [0.29, 0.717) is 24.6 Å². The fourth-order valence-corrected chi connectivity index (χ4v) is 5.73. The Kier molecular flexibility index (Phi) is 4.59. The third-order valence-corrected chi connectivity index (χ3v) is 6.95. The van der Waals surface area contributed by atoms with Crippen LogP contribution in [0.4, 0.5) is 4.79 Å². The molecule has 2 N–H and O–H groups in total. The number of hydrogen-bond acceptors (Lipinski definition) is 3. The molecule has 2 heterocycles. The number of ether oxygens (including phenoxy) is 1. The predicted octanol–water partition coefficient (Wildman–Crippen LogP) is 4.53. The lowest BCUT2D eigenvalue weighted by Crippen LogP contribution is -2.47. The van der Waals surface area contributed by atoms with E-state index < -0.39 is 0 Å². The SMILES string of the molecule is NCCC1CC2CCC(C1)N2C(=O)OCC1c2ccccc2-c2ccccc21. The Morgan fingerprint density at radius 1 is 0.964 bits per heavy atom. The van der Waals surface area contributed by atoms with Crippen LogP contribution < -0.4 is 5.73 Å². The molecule has 0 spiro atoms. The Balaban J connectivity index is 1.30. The lowest BCUT2D eigenvalue weighted by molar-refractivity contribution is 0.0551. The summed E-state index contributed by atoms with van der Waals surface area (Å²) in [6, 6.07) is 17.6. The fourth-order valence-electron chi connectivity index (χ4n) is 5.73. The van der Waals surface area contributed by atoms with Gasteiger partial charge in [-0.25, -0.2) is 4.79 Å². The van der Waals surface area contributed by atoms with Crippen LogP contribution in [0.25, 0.3) is 11.1 Å². The molecule has 2 aliphatic heterocycles. The second-order valence-electron chi connectivity index (χ2n) is 8.51. The van der Waals surface area contributed by atoms with Gasteiger partial charge in [-0.15, -0.1) is 0 Å². The largest absolute Gasteiger partial charge is 0.448 e. The van der Waals surface area contributed by atoms with Gasteiger partial charge in [0.15, 0.2) is 0 Å². The first kappa shape index (κ1) is 17.7. The quantitative estimate of drug-likeness (QED) is 0.853. The molecule has 2 unspecified atom stereocenters. The summed E-state index contributed by atoms with van der Waals surface area (Å²) < 4.78 is 5.92. The maximum Gasteiger partial charge on any atom is 0.410 e. The zero-order chi connectivity index (χ0) is 19.1. The standard InChI is InChI=1S/C24H28N2O2/c25-12-11-16-13-17-9-10-18(14-16)26(17)24(27)28-15-23-21-7-3-1-5-19(21)20-6-2-4-8-22(20)23/h1-8,16-18,23H,9-15,25H2. The van der Waals surface area contributed by atoms with Gasteiger partial charge >= 0.3 is 6.09 Å². The number of hydrogen-bond donors (Lipinski definition) is 1. The lowest BCUT2D eigenvalue weighted by atomic mass is 9.88. The minimum Gasteiger partial charge on any atom is -0.448 e. The van der Waals surface area contributed by atoms with Crippen molar-refractivity contribution in [2.24, 2.45) is 11.7 Å². The number of nitrogens with two attached hydrogens (primary N) is 1. The van der Waals surface area contributed by atoms with Crippen molar-refractivity contribution in [3.05, 3.63) is 59.7 Å². The van der Waals surface area contributed by atoms with Crippen LogP contribution >= 0.6 is 0 Å². The molecular formula is C24H28N2O2. The van der Waals surface area contributed by atoms with E-state index in [4.69, 9.17) is 10.5 Å². The summed E-state index contributed by atoms with van der Waals surface area (Å²) >= 11 is 0. The van der Waals surface area contributed by atoms with Crippen LogP contribution in [0, 0.1) is 5.92 Å². The van der Waals surface area contributed by atoms with Crippen molar-refractivity contribution in [3.8, 4) is 11.1 Å². The molecule has 2 bridgehead atoms. The van der Waals surface area contributed by atoms with E-state index in [1.54, 1.807) is 0 Å². The molecule has 146 valence electrons. The van der Waals surface area contributed by atoms with Gasteiger partial charge in [0.2, 0.25) is 0 Å². The molecule has 2 fully saturated rings. The van der Waals surface area contributed by atoms with Crippen molar-refractivity contribution in [1.29, 1.82) is 0 Å². The maximum absolute atomic E-state index is 13.0. The van der Waals surface area contributed by atoms with Gasteiger partial charge in [-0.1, -0.05) is 48.5 Å². The second-order valence-corrected chi connectivity index (χ2v) is 8.51. The molecule has 2 atom stereocenters. The molecule has 5 rings (SSSR count). The van der Waals surface area contributed by atoms with E-state index in [1.165, 1.54) is 22.3 Å². The Labute approximate surface area is 166 Å². The Hall–Kier alpha value is -2.33. The first-order valence-electron chi connectivity index (χ1n) is 10.6. The van der Waals surface area contributed by atoms with Crippen molar-refractivity contribution < 1.29 is 9.53 Å². The smallest absolute Gasteiger partial charge is 0.410 e. The van der Waals surface area contributed by atoms with E-state index in [1.807, 2.05) is 4.90 Å². The first-order chi connectivity index (χ1) is 13.8. The highest BCUT2D eigenvalue weighted by Crippen LogP contribution is 2.45. The van der Waals surface area contributed by atoms with E-state index in [-0.39, 0.29) is 12.0 Å². The van der Waals surface area contributed by atoms with Crippen LogP contribution in [-0.2, 0) is 4.74 Å². The summed E-state index contributed by atoms with van der Waals surface area (Å²) in [6.45, 7) is 1.16. The van der Waals surface area contributed by atoms with Crippen molar-refractivity contribution in [2.45, 2.75) is 50.1 Å². The molecule has 2 aromatic carbocycles. The lowest BCUT2D eigenvalue weighted by Gasteiger charge is -2.38. The molecule has 3 aliphatic rings. The summed E-state index contributed by atoms with van der Waals surface area (Å²) in [6.07, 6.45) is 5.33. The van der Waals surface area contributed by atoms with Crippen LogP contribution in [0.3, 0.4) is 0 Å². The molecule has 4 nitrogen and oxygen atoms in total. The summed E-state index contributed by atoms with van der Waals surface area (Å²) in [5, 5.41) is 0. The number of benzene rings is 2. The predicted molar refractivity (Wildman–Crippen MR) is 110 cm³/mol. The summed E-state index contributed by atoms with van der Waals surface area (Å²) in [5.74, 6) is 0.795. The first-order valence-corrected chi connectivity index (χ1v) is 10.6. The van der Waals surface area contributed by atoms with Gasteiger partial charge in [0, 0.05) is 18.0 Å². The summed E-state index contributed by atoms with van der Waals surface area (Å²) in [5.41, 5.74) is 10.8. The fraction of sp³-hybridized carbons (Fsp3) is 0.458. The minimum atomic E-state index is -0.124. The third-order valence-electron chi connectivity index (χ3n) is 6.95. The van der Waals surface area contributed by atoms with Gasteiger partial charge in [-0.2, -0.15) is 0 Å². The molecule has 0 radical (unpaired) electrons. The number of amides is 1. The van der Waals surface area contributed by atoms with E-state index in [9.17, 15) is 4.79 Å². The maximum atomic E-state index is 13.0. The second kappa shape index (κ2) is 7.25. The van der Waals surface area contributed by atoms with Crippen LogP contribution in [0.5, 0.6) is 0 Å². The highest BCUT2D eigenvalue weighted by Gasteiger charge is 2.44. The van der Waals surface area contributed by atoms with Crippen molar-refractivity contribution in [1.82, 2.24) is 4.90 Å². The van der Waals surface area contributed by atoms with Crippen LogP contribution in [0.1, 0.15) is 49.1 Å². The van der Waals surface area contributed by atoms with Crippen molar-refractivity contribution >= 4 is 6.09 Å². The zero-order valence-electron chi connectivity index (χ0n) is 16.2. The molecule has 28 heavy (non-hydrogen) atoms. The average Bonchev–Trinajstić information content (AvgIpc) is 3.18. The number of carbonyl (C=O) groups is 1. The molecule has 1 aliphatic carbocycles. The molecule has 0 aromatic heterocycles. The highest BCUT2D eigenvalue weighted by atomic mass is 16.6. The van der Waals surface area contributed by atoms with Crippen molar-refractivity contribution in [2.75, 3.05) is 13.2 Å². The van der Waals surface area contributed by atoms with Gasteiger partial charge in [0.05, 0.1) is 0 Å². The number of rotatable bonds is 4.